The molecule has 1 aromatic heterocycles. The Hall–Kier alpha value is -1.61. The van der Waals surface area contributed by atoms with Crippen molar-refractivity contribution < 1.29 is 4.79 Å². The highest BCUT2D eigenvalue weighted by Gasteiger charge is 2.10. The summed E-state index contributed by atoms with van der Waals surface area (Å²) in [6.07, 6.45) is 0. The molecule has 0 aliphatic rings. The van der Waals surface area contributed by atoms with Gasteiger partial charge in [-0.3, -0.25) is 20.4 Å². The lowest BCUT2D eigenvalue weighted by Crippen LogP contribution is -2.48. The molecule has 1 heterocycles. The highest BCUT2D eigenvalue weighted by atomic mass is 32.2. The smallest absolute Gasteiger partial charge is 0.288 e. The molecule has 1 aromatic rings. The summed E-state index contributed by atoms with van der Waals surface area (Å²) in [5, 5.41) is 3.61. The normalized spacial score (nSPS) is 10.2. The monoisotopic (exact) mass is 315 g/mol. The van der Waals surface area contributed by atoms with Gasteiger partial charge >= 0.3 is 0 Å². The number of carbonyl (C=O) groups excluding carboxylic acids is 1. The van der Waals surface area contributed by atoms with Crippen molar-refractivity contribution in [3.8, 4) is 0 Å². The molecule has 0 saturated heterocycles. The van der Waals surface area contributed by atoms with Crippen LogP contribution in [0, 0.1) is 0 Å². The number of H-pyrrole nitrogens is 1. The van der Waals surface area contributed by atoms with Crippen molar-refractivity contribution in [1.29, 1.82) is 0 Å². The summed E-state index contributed by atoms with van der Waals surface area (Å²) in [7, 11) is 0. The van der Waals surface area contributed by atoms with Crippen molar-refractivity contribution >= 4 is 35.0 Å². The third kappa shape index (κ3) is 5.57. The van der Waals surface area contributed by atoms with E-state index in [9.17, 15) is 9.59 Å². The highest BCUT2D eigenvalue weighted by molar-refractivity contribution is 7.99. The highest BCUT2D eigenvalue weighted by Crippen LogP contribution is 2.09. The number of carbonyl (C=O) groups is 1. The maximum absolute atomic E-state index is 11.9. The van der Waals surface area contributed by atoms with Gasteiger partial charge in [-0.2, -0.15) is 0 Å². The first-order chi connectivity index (χ1) is 9.42. The van der Waals surface area contributed by atoms with E-state index in [-0.39, 0.29) is 17.3 Å². The number of hydrogen-bond donors (Lipinski definition) is 4. The molecular weight excluding hydrogens is 298 g/mol. The third-order valence-corrected chi connectivity index (χ3v) is 2.92. The van der Waals surface area contributed by atoms with E-state index in [0.717, 1.165) is 11.8 Å². The molecule has 0 radical (unpaired) electrons. The number of thioether (sulfide) groups is 1. The second kappa shape index (κ2) is 7.85. The van der Waals surface area contributed by atoms with Gasteiger partial charge in [0, 0.05) is 12.1 Å². The van der Waals surface area contributed by atoms with Crippen molar-refractivity contribution in [2.24, 2.45) is 0 Å². The van der Waals surface area contributed by atoms with Crippen LogP contribution in [0.5, 0.6) is 0 Å². The summed E-state index contributed by atoms with van der Waals surface area (Å²) in [5.74, 6) is 0.219. The van der Waals surface area contributed by atoms with Crippen molar-refractivity contribution in [3.63, 3.8) is 0 Å². The molecule has 1 rings (SSSR count). The standard InChI is InChI=1S/C11H17N5O2S2/c1-4-20-11-13-7(5-8(17)14-11)9(18)15-16-10(19)12-6(2)3/h5-6H,4H2,1-3H3,(H,15,18)(H2,12,16,19)(H,13,14,17). The Morgan fingerprint density at radius 2 is 2.20 bits per heavy atom. The van der Waals surface area contributed by atoms with Crippen LogP contribution in [-0.2, 0) is 0 Å². The minimum absolute atomic E-state index is 0.0320. The van der Waals surface area contributed by atoms with Crippen LogP contribution in [0.15, 0.2) is 16.0 Å². The van der Waals surface area contributed by atoms with Gasteiger partial charge in [-0.05, 0) is 31.8 Å². The first-order valence-corrected chi connectivity index (χ1v) is 7.42. The average Bonchev–Trinajstić information content (AvgIpc) is 2.34. The van der Waals surface area contributed by atoms with E-state index >= 15 is 0 Å². The molecule has 0 unspecified atom stereocenters. The summed E-state index contributed by atoms with van der Waals surface area (Å²) in [6, 6.07) is 1.28. The maximum Gasteiger partial charge on any atom is 0.288 e. The molecule has 110 valence electrons. The summed E-state index contributed by atoms with van der Waals surface area (Å²) in [6.45, 7) is 5.76. The Kier molecular flexibility index (Phi) is 6.46. The number of nitrogens with zero attached hydrogens (tertiary/aromatic N) is 1. The van der Waals surface area contributed by atoms with Gasteiger partial charge in [0.25, 0.3) is 11.5 Å². The van der Waals surface area contributed by atoms with Crippen LogP contribution in [0.3, 0.4) is 0 Å². The minimum atomic E-state index is -0.526. The quantitative estimate of drug-likeness (QED) is 0.276. The van der Waals surface area contributed by atoms with Gasteiger partial charge in [-0.25, -0.2) is 4.98 Å². The lowest BCUT2D eigenvalue weighted by atomic mass is 10.4. The molecule has 1 amide bonds. The molecule has 0 aliphatic carbocycles. The van der Waals surface area contributed by atoms with Crippen molar-refractivity contribution in [3.05, 3.63) is 22.1 Å². The fourth-order valence-electron chi connectivity index (χ4n) is 1.23. The van der Waals surface area contributed by atoms with Crippen LogP contribution >= 0.6 is 24.0 Å². The maximum atomic E-state index is 11.9. The van der Waals surface area contributed by atoms with E-state index in [2.05, 4.69) is 26.1 Å². The zero-order valence-corrected chi connectivity index (χ0v) is 13.1. The third-order valence-electron chi connectivity index (χ3n) is 1.94. The predicted molar refractivity (Wildman–Crippen MR) is 82.7 cm³/mol. The van der Waals surface area contributed by atoms with E-state index in [4.69, 9.17) is 12.2 Å². The zero-order valence-electron chi connectivity index (χ0n) is 11.4. The number of hydrogen-bond acceptors (Lipinski definition) is 5. The molecule has 0 aliphatic heterocycles. The van der Waals surface area contributed by atoms with E-state index < -0.39 is 5.91 Å². The second-order valence-corrected chi connectivity index (χ2v) is 5.74. The fourth-order valence-corrected chi connectivity index (χ4v) is 2.13. The molecule has 0 spiro atoms. The molecule has 0 bridgehead atoms. The number of hydrazine groups is 1. The predicted octanol–water partition coefficient (Wildman–Crippen LogP) is 0.399. The summed E-state index contributed by atoms with van der Waals surface area (Å²) in [4.78, 5) is 29.9. The molecule has 4 N–H and O–H groups in total. The van der Waals surface area contributed by atoms with Crippen LogP contribution in [0.25, 0.3) is 0 Å². The number of thiocarbonyl (C=S) groups is 1. The van der Waals surface area contributed by atoms with Gasteiger partial charge in [0.05, 0.1) is 0 Å². The van der Waals surface area contributed by atoms with Crippen LogP contribution in [-0.4, -0.2) is 32.8 Å². The fraction of sp³-hybridized carbons (Fsp3) is 0.455. The minimum Gasteiger partial charge on any atom is -0.359 e. The van der Waals surface area contributed by atoms with Crippen LogP contribution < -0.4 is 21.7 Å². The Bertz CT molecular complexity index is 544. The molecule has 9 heteroatoms. The largest absolute Gasteiger partial charge is 0.359 e. The Morgan fingerprint density at radius 1 is 1.50 bits per heavy atom. The van der Waals surface area contributed by atoms with E-state index in [1.54, 1.807) is 0 Å². The average molecular weight is 315 g/mol. The Labute approximate surface area is 126 Å². The first kappa shape index (κ1) is 16.4. The zero-order chi connectivity index (χ0) is 15.1. The van der Waals surface area contributed by atoms with Gasteiger partial charge in [-0.1, -0.05) is 18.7 Å². The van der Waals surface area contributed by atoms with Gasteiger partial charge in [0.2, 0.25) is 0 Å². The van der Waals surface area contributed by atoms with Crippen LogP contribution in [0.4, 0.5) is 0 Å². The molecule has 0 atom stereocenters. The van der Waals surface area contributed by atoms with Crippen molar-refractivity contribution in [2.45, 2.75) is 32.0 Å². The Balaban J connectivity index is 2.68. The van der Waals surface area contributed by atoms with E-state index in [1.165, 1.54) is 11.8 Å². The lowest BCUT2D eigenvalue weighted by molar-refractivity contribution is 0.0937. The molecule has 20 heavy (non-hydrogen) atoms. The molecule has 7 nitrogen and oxygen atoms in total. The first-order valence-electron chi connectivity index (χ1n) is 6.03. The Morgan fingerprint density at radius 3 is 2.80 bits per heavy atom. The second-order valence-electron chi connectivity index (χ2n) is 4.08. The van der Waals surface area contributed by atoms with Gasteiger partial charge in [0.15, 0.2) is 10.3 Å². The topological polar surface area (TPSA) is 98.9 Å². The number of aromatic nitrogens is 2. The molecule has 0 aromatic carbocycles. The number of rotatable bonds is 4. The van der Waals surface area contributed by atoms with Gasteiger partial charge in [-0.15, -0.1) is 0 Å². The molecule has 0 saturated carbocycles. The van der Waals surface area contributed by atoms with E-state index in [0.29, 0.717) is 10.3 Å². The summed E-state index contributed by atoms with van der Waals surface area (Å²) < 4.78 is 0. The van der Waals surface area contributed by atoms with Crippen molar-refractivity contribution in [2.75, 3.05) is 5.75 Å². The summed E-state index contributed by atoms with van der Waals surface area (Å²) in [5.41, 5.74) is 4.59. The summed E-state index contributed by atoms with van der Waals surface area (Å²) >= 11 is 6.31. The number of nitrogens with one attached hydrogen (secondary N) is 4. The SMILES string of the molecule is CCSc1nc(C(=O)NNC(=S)NC(C)C)cc(=O)[nH]1. The lowest BCUT2D eigenvalue weighted by Gasteiger charge is -2.13. The van der Waals surface area contributed by atoms with Crippen LogP contribution in [0.2, 0.25) is 0 Å². The van der Waals surface area contributed by atoms with Gasteiger partial charge in [0.1, 0.15) is 5.69 Å². The molecular formula is C11H17N5O2S2. The van der Waals surface area contributed by atoms with Crippen LogP contribution in [0.1, 0.15) is 31.3 Å². The van der Waals surface area contributed by atoms with E-state index in [1.807, 2.05) is 20.8 Å². The number of amides is 1. The molecule has 0 fully saturated rings. The number of aromatic amines is 1. The van der Waals surface area contributed by atoms with Gasteiger partial charge < -0.3 is 10.3 Å². The van der Waals surface area contributed by atoms with Crippen molar-refractivity contribution in [1.82, 2.24) is 26.1 Å².